The highest BCUT2D eigenvalue weighted by Gasteiger charge is 2.20. The van der Waals surface area contributed by atoms with Crippen LogP contribution in [0, 0.1) is 11.3 Å². The lowest BCUT2D eigenvalue weighted by Crippen LogP contribution is -2.04. The van der Waals surface area contributed by atoms with E-state index >= 15 is 0 Å². The highest BCUT2D eigenvalue weighted by Crippen LogP contribution is 2.15. The van der Waals surface area contributed by atoms with Crippen LogP contribution in [-0.4, -0.2) is 11.8 Å². The van der Waals surface area contributed by atoms with E-state index in [9.17, 15) is 0 Å². The Morgan fingerprint density at radius 1 is 1.38 bits per heavy atom. The minimum atomic E-state index is -0.407. The van der Waals surface area contributed by atoms with Gasteiger partial charge in [0.15, 0.2) is 0 Å². The SMILES string of the molecule is N#C[C@@H]1CC(c2ccccc2)=NO1. The first kappa shape index (κ1) is 7.81. The molecule has 13 heavy (non-hydrogen) atoms. The van der Waals surface area contributed by atoms with E-state index in [1.165, 1.54) is 0 Å². The molecule has 1 aromatic carbocycles. The van der Waals surface area contributed by atoms with Crippen LogP contribution in [0.4, 0.5) is 0 Å². The third-order valence-corrected chi connectivity index (χ3v) is 1.92. The van der Waals surface area contributed by atoms with Crippen LogP contribution in [0.5, 0.6) is 0 Å². The molecule has 0 amide bonds. The molecule has 0 fully saturated rings. The Kier molecular flexibility index (Phi) is 1.97. The molecule has 0 aliphatic carbocycles. The van der Waals surface area contributed by atoms with E-state index in [0.29, 0.717) is 6.42 Å². The molecule has 1 heterocycles. The van der Waals surface area contributed by atoms with Crippen LogP contribution in [0.1, 0.15) is 12.0 Å². The molecule has 2 rings (SSSR count). The number of hydrogen-bond donors (Lipinski definition) is 0. The van der Waals surface area contributed by atoms with Gasteiger partial charge in [-0.1, -0.05) is 35.5 Å². The van der Waals surface area contributed by atoms with Crippen LogP contribution in [0.2, 0.25) is 0 Å². The van der Waals surface area contributed by atoms with Gasteiger partial charge in [-0.15, -0.1) is 0 Å². The summed E-state index contributed by atoms with van der Waals surface area (Å²) in [6, 6.07) is 11.8. The third kappa shape index (κ3) is 1.52. The molecule has 3 nitrogen and oxygen atoms in total. The molecule has 0 aromatic heterocycles. The van der Waals surface area contributed by atoms with Crippen molar-refractivity contribution in [3.05, 3.63) is 35.9 Å². The third-order valence-electron chi connectivity index (χ3n) is 1.92. The highest BCUT2D eigenvalue weighted by molar-refractivity contribution is 6.01. The molecule has 0 saturated carbocycles. The van der Waals surface area contributed by atoms with Gasteiger partial charge in [-0.25, -0.2) is 0 Å². The van der Waals surface area contributed by atoms with E-state index in [4.69, 9.17) is 10.1 Å². The maximum Gasteiger partial charge on any atom is 0.218 e. The monoisotopic (exact) mass is 172 g/mol. The fraction of sp³-hybridized carbons (Fsp3) is 0.200. The summed E-state index contributed by atoms with van der Waals surface area (Å²) in [7, 11) is 0. The average Bonchev–Trinajstić information content (AvgIpc) is 2.67. The molecular formula is C10H8N2O. The Morgan fingerprint density at radius 2 is 2.15 bits per heavy atom. The molecule has 0 saturated heterocycles. The Bertz CT molecular complexity index is 364. The van der Waals surface area contributed by atoms with Gasteiger partial charge in [-0.05, 0) is 5.56 Å². The largest absolute Gasteiger partial charge is 0.376 e. The zero-order valence-electron chi connectivity index (χ0n) is 6.97. The van der Waals surface area contributed by atoms with Crippen molar-refractivity contribution in [2.24, 2.45) is 5.16 Å². The Morgan fingerprint density at radius 3 is 2.77 bits per heavy atom. The number of hydrogen-bond acceptors (Lipinski definition) is 3. The fourth-order valence-corrected chi connectivity index (χ4v) is 1.25. The predicted molar refractivity (Wildman–Crippen MR) is 48.1 cm³/mol. The number of nitriles is 1. The number of oxime groups is 1. The van der Waals surface area contributed by atoms with Crippen molar-refractivity contribution in [2.75, 3.05) is 0 Å². The van der Waals surface area contributed by atoms with Crippen LogP contribution in [0.15, 0.2) is 35.5 Å². The average molecular weight is 172 g/mol. The van der Waals surface area contributed by atoms with Crippen LogP contribution in [0.3, 0.4) is 0 Å². The van der Waals surface area contributed by atoms with Crippen molar-refractivity contribution >= 4 is 5.71 Å². The molecule has 0 N–H and O–H groups in total. The first-order valence-corrected chi connectivity index (χ1v) is 4.08. The zero-order chi connectivity index (χ0) is 9.10. The van der Waals surface area contributed by atoms with Gasteiger partial charge in [0.25, 0.3) is 0 Å². The summed E-state index contributed by atoms with van der Waals surface area (Å²) in [5.41, 5.74) is 1.88. The second kappa shape index (κ2) is 3.28. The fourth-order valence-electron chi connectivity index (χ4n) is 1.25. The van der Waals surface area contributed by atoms with E-state index in [1.54, 1.807) is 0 Å². The summed E-state index contributed by atoms with van der Waals surface area (Å²) in [4.78, 5) is 4.90. The standard InChI is InChI=1S/C10H8N2O/c11-7-9-6-10(12-13-9)8-4-2-1-3-5-8/h1-5,9H,6H2/t9-/m0/s1. The molecule has 64 valence electrons. The van der Waals surface area contributed by atoms with Gasteiger partial charge in [0.05, 0.1) is 5.71 Å². The van der Waals surface area contributed by atoms with Crippen molar-refractivity contribution in [3.8, 4) is 6.07 Å². The molecule has 0 unspecified atom stereocenters. The van der Waals surface area contributed by atoms with Crippen molar-refractivity contribution in [1.82, 2.24) is 0 Å². The van der Waals surface area contributed by atoms with Crippen LogP contribution >= 0.6 is 0 Å². The van der Waals surface area contributed by atoms with Gasteiger partial charge < -0.3 is 4.84 Å². The van der Waals surface area contributed by atoms with E-state index in [-0.39, 0.29) is 0 Å². The first-order chi connectivity index (χ1) is 6.40. The molecule has 0 spiro atoms. The number of nitrogens with zero attached hydrogens (tertiary/aromatic N) is 2. The Balaban J connectivity index is 2.18. The van der Waals surface area contributed by atoms with Crippen LogP contribution in [0.25, 0.3) is 0 Å². The van der Waals surface area contributed by atoms with E-state index in [0.717, 1.165) is 11.3 Å². The number of benzene rings is 1. The second-order valence-electron chi connectivity index (χ2n) is 2.83. The summed E-state index contributed by atoms with van der Waals surface area (Å²) < 4.78 is 0. The van der Waals surface area contributed by atoms with Gasteiger partial charge in [0.2, 0.25) is 6.10 Å². The quantitative estimate of drug-likeness (QED) is 0.647. The maximum absolute atomic E-state index is 8.58. The van der Waals surface area contributed by atoms with E-state index < -0.39 is 6.10 Å². The second-order valence-corrected chi connectivity index (χ2v) is 2.83. The Labute approximate surface area is 76.2 Å². The van der Waals surface area contributed by atoms with Gasteiger partial charge in [-0.2, -0.15) is 5.26 Å². The van der Waals surface area contributed by atoms with Gasteiger partial charge >= 0.3 is 0 Å². The number of rotatable bonds is 1. The molecule has 1 aromatic rings. The summed E-state index contributed by atoms with van der Waals surface area (Å²) in [5.74, 6) is 0. The lowest BCUT2D eigenvalue weighted by molar-refractivity contribution is 0.125. The van der Waals surface area contributed by atoms with Crippen molar-refractivity contribution in [1.29, 1.82) is 5.26 Å². The van der Waals surface area contributed by atoms with Gasteiger partial charge in [0, 0.05) is 6.42 Å². The van der Waals surface area contributed by atoms with E-state index in [2.05, 4.69) is 5.16 Å². The lowest BCUT2D eigenvalue weighted by atomic mass is 10.1. The summed E-state index contributed by atoms with van der Waals surface area (Å²) >= 11 is 0. The molecule has 3 heteroatoms. The van der Waals surface area contributed by atoms with E-state index in [1.807, 2.05) is 36.4 Å². The van der Waals surface area contributed by atoms with Crippen molar-refractivity contribution < 1.29 is 4.84 Å². The molecule has 0 radical (unpaired) electrons. The molecule has 1 aliphatic heterocycles. The normalized spacial score (nSPS) is 20.2. The maximum atomic E-state index is 8.58. The minimum absolute atomic E-state index is 0.407. The summed E-state index contributed by atoms with van der Waals surface area (Å²) in [6.45, 7) is 0. The smallest absolute Gasteiger partial charge is 0.218 e. The lowest BCUT2D eigenvalue weighted by Gasteiger charge is -1.95. The minimum Gasteiger partial charge on any atom is -0.376 e. The van der Waals surface area contributed by atoms with Crippen molar-refractivity contribution in [3.63, 3.8) is 0 Å². The summed E-state index contributed by atoms with van der Waals surface area (Å²) in [5, 5.41) is 12.4. The summed E-state index contributed by atoms with van der Waals surface area (Å²) in [6.07, 6.45) is 0.177. The highest BCUT2D eigenvalue weighted by atomic mass is 16.6. The van der Waals surface area contributed by atoms with Crippen LogP contribution < -0.4 is 0 Å². The van der Waals surface area contributed by atoms with Gasteiger partial charge in [-0.3, -0.25) is 0 Å². The zero-order valence-corrected chi connectivity index (χ0v) is 6.97. The predicted octanol–water partition coefficient (Wildman–Crippen LogP) is 1.70. The van der Waals surface area contributed by atoms with Crippen molar-refractivity contribution in [2.45, 2.75) is 12.5 Å². The molecular weight excluding hydrogens is 164 g/mol. The topological polar surface area (TPSA) is 45.4 Å². The molecule has 1 aliphatic rings. The van der Waals surface area contributed by atoms with Crippen LogP contribution in [-0.2, 0) is 4.84 Å². The Hall–Kier alpha value is -1.82. The first-order valence-electron chi connectivity index (χ1n) is 4.08. The molecule has 0 bridgehead atoms. The molecule has 1 atom stereocenters. The van der Waals surface area contributed by atoms with Gasteiger partial charge in [0.1, 0.15) is 6.07 Å².